The van der Waals surface area contributed by atoms with E-state index in [-0.39, 0.29) is 0 Å². The van der Waals surface area contributed by atoms with Crippen LogP contribution < -0.4 is 5.32 Å². The maximum absolute atomic E-state index is 5.05. The topological polar surface area (TPSA) is 40.1 Å². The van der Waals surface area contributed by atoms with Gasteiger partial charge in [0.2, 0.25) is 0 Å². The lowest BCUT2D eigenvalue weighted by Crippen LogP contribution is -2.42. The van der Waals surface area contributed by atoms with Gasteiger partial charge in [-0.05, 0) is 19.9 Å². The van der Waals surface area contributed by atoms with Crippen molar-refractivity contribution in [1.29, 1.82) is 0 Å². The Labute approximate surface area is 118 Å². The van der Waals surface area contributed by atoms with E-state index in [1.807, 2.05) is 13.1 Å². The minimum atomic E-state index is 0.771. The highest BCUT2D eigenvalue weighted by atomic mass is 16.5. The lowest BCUT2D eigenvalue weighted by atomic mass is 10.3. The number of likely N-dealkylation sites (N-methyl/N-ethyl adjacent to an activating group) is 1. The first kappa shape index (κ1) is 17.9. The van der Waals surface area contributed by atoms with E-state index < -0.39 is 0 Å². The lowest BCUT2D eigenvalue weighted by Gasteiger charge is -2.23. The third kappa shape index (κ3) is 9.50. The summed E-state index contributed by atoms with van der Waals surface area (Å²) in [4.78, 5) is 8.68. The van der Waals surface area contributed by atoms with Gasteiger partial charge in [0, 0.05) is 47.4 Å². The number of methoxy groups -OCH3 is 1. The summed E-state index contributed by atoms with van der Waals surface area (Å²) in [6.45, 7) is 8.31. The summed E-state index contributed by atoms with van der Waals surface area (Å²) in [5.41, 5.74) is 0. The third-order valence-electron chi connectivity index (χ3n) is 2.93. The molecule has 0 unspecified atom stereocenters. The van der Waals surface area contributed by atoms with Crippen LogP contribution in [0.25, 0.3) is 0 Å². The van der Waals surface area contributed by atoms with Crippen molar-refractivity contribution in [1.82, 2.24) is 15.1 Å². The molecule has 0 aromatic rings. The number of rotatable bonds is 10. The maximum Gasteiger partial charge on any atom is 0.193 e. The van der Waals surface area contributed by atoms with Crippen molar-refractivity contribution in [2.75, 3.05) is 61.0 Å². The summed E-state index contributed by atoms with van der Waals surface area (Å²) < 4.78 is 5.05. The second-order valence-electron chi connectivity index (χ2n) is 4.62. The Morgan fingerprint density at radius 2 is 2.05 bits per heavy atom. The molecule has 0 aromatic heterocycles. The van der Waals surface area contributed by atoms with E-state index in [1.54, 1.807) is 7.11 Å². The SMILES string of the molecule is C=CCCCN(C)C(=NC)NCCN(C)CCOC. The Kier molecular flexibility index (Phi) is 11.3. The minimum absolute atomic E-state index is 0.771. The molecule has 5 heteroatoms. The number of nitrogens with one attached hydrogen (secondary N) is 1. The first-order valence-electron chi connectivity index (χ1n) is 6.85. The Morgan fingerprint density at radius 3 is 2.63 bits per heavy atom. The quantitative estimate of drug-likeness (QED) is 0.279. The Balaban J connectivity index is 3.83. The van der Waals surface area contributed by atoms with Crippen LogP contribution in [0.3, 0.4) is 0 Å². The van der Waals surface area contributed by atoms with E-state index in [2.05, 4.69) is 40.8 Å². The van der Waals surface area contributed by atoms with Crippen molar-refractivity contribution in [3.05, 3.63) is 12.7 Å². The van der Waals surface area contributed by atoms with Crippen molar-refractivity contribution in [2.24, 2.45) is 4.99 Å². The predicted molar refractivity (Wildman–Crippen MR) is 82.8 cm³/mol. The van der Waals surface area contributed by atoms with E-state index in [4.69, 9.17) is 4.74 Å². The molecule has 0 saturated heterocycles. The molecule has 0 amide bonds. The average molecular weight is 270 g/mol. The van der Waals surface area contributed by atoms with Gasteiger partial charge in [0.25, 0.3) is 0 Å². The second kappa shape index (κ2) is 12.0. The molecule has 0 aliphatic heterocycles. The molecular weight excluding hydrogens is 240 g/mol. The van der Waals surface area contributed by atoms with Crippen molar-refractivity contribution >= 4 is 5.96 Å². The number of nitrogens with zero attached hydrogens (tertiary/aromatic N) is 3. The average Bonchev–Trinajstić information content (AvgIpc) is 2.41. The van der Waals surface area contributed by atoms with Crippen molar-refractivity contribution in [2.45, 2.75) is 12.8 Å². The van der Waals surface area contributed by atoms with Gasteiger partial charge in [0.15, 0.2) is 5.96 Å². The summed E-state index contributed by atoms with van der Waals surface area (Å²) in [5, 5.41) is 3.37. The van der Waals surface area contributed by atoms with Gasteiger partial charge in [-0.15, -0.1) is 6.58 Å². The molecule has 0 fully saturated rings. The normalized spacial score (nSPS) is 11.7. The van der Waals surface area contributed by atoms with Gasteiger partial charge < -0.3 is 19.9 Å². The Morgan fingerprint density at radius 1 is 1.32 bits per heavy atom. The molecule has 0 atom stereocenters. The highest BCUT2D eigenvalue weighted by Gasteiger charge is 2.05. The molecule has 112 valence electrons. The fourth-order valence-corrected chi connectivity index (χ4v) is 1.68. The highest BCUT2D eigenvalue weighted by molar-refractivity contribution is 5.79. The number of hydrogen-bond acceptors (Lipinski definition) is 3. The van der Waals surface area contributed by atoms with Crippen LogP contribution in [-0.2, 0) is 4.74 Å². The number of aliphatic imine (C=N–C) groups is 1. The van der Waals surface area contributed by atoms with Crippen LogP contribution in [0.5, 0.6) is 0 Å². The summed E-state index contributed by atoms with van der Waals surface area (Å²) in [5.74, 6) is 0.948. The fourth-order valence-electron chi connectivity index (χ4n) is 1.68. The van der Waals surface area contributed by atoms with Gasteiger partial charge >= 0.3 is 0 Å². The van der Waals surface area contributed by atoms with Crippen LogP contribution in [0, 0.1) is 0 Å². The van der Waals surface area contributed by atoms with E-state index in [9.17, 15) is 0 Å². The first-order chi connectivity index (χ1) is 9.15. The van der Waals surface area contributed by atoms with Crippen LogP contribution in [0.2, 0.25) is 0 Å². The minimum Gasteiger partial charge on any atom is -0.383 e. The predicted octanol–water partition coefficient (Wildman–Crippen LogP) is 1.04. The van der Waals surface area contributed by atoms with Crippen molar-refractivity contribution < 1.29 is 4.74 Å². The summed E-state index contributed by atoms with van der Waals surface area (Å²) >= 11 is 0. The van der Waals surface area contributed by atoms with Crippen molar-refractivity contribution in [3.8, 4) is 0 Å². The number of allylic oxidation sites excluding steroid dienone is 1. The summed E-state index contributed by atoms with van der Waals surface area (Å²) in [6, 6.07) is 0. The van der Waals surface area contributed by atoms with E-state index in [0.717, 1.165) is 51.6 Å². The van der Waals surface area contributed by atoms with Crippen LogP contribution in [-0.4, -0.2) is 76.8 Å². The lowest BCUT2D eigenvalue weighted by molar-refractivity contribution is 0.162. The molecule has 0 aromatic carbocycles. The summed E-state index contributed by atoms with van der Waals surface area (Å²) in [7, 11) is 7.71. The number of guanidine groups is 1. The monoisotopic (exact) mass is 270 g/mol. The molecule has 1 N–H and O–H groups in total. The van der Waals surface area contributed by atoms with Crippen LogP contribution in [0.15, 0.2) is 17.6 Å². The molecular formula is C14H30N4O. The van der Waals surface area contributed by atoms with Crippen LogP contribution >= 0.6 is 0 Å². The number of hydrogen-bond donors (Lipinski definition) is 1. The molecule has 0 bridgehead atoms. The standard InChI is InChI=1S/C14H30N4O/c1-6-7-8-10-18(4)14(15-2)16-9-11-17(3)12-13-19-5/h6H,1,7-13H2,2-5H3,(H,15,16). The number of ether oxygens (including phenoxy) is 1. The summed E-state index contributed by atoms with van der Waals surface area (Å²) in [6.07, 6.45) is 4.10. The van der Waals surface area contributed by atoms with E-state index >= 15 is 0 Å². The molecule has 0 aliphatic rings. The number of unbranched alkanes of at least 4 members (excludes halogenated alkanes) is 1. The van der Waals surface area contributed by atoms with Gasteiger partial charge in [-0.3, -0.25) is 4.99 Å². The Hall–Kier alpha value is -1.07. The highest BCUT2D eigenvalue weighted by Crippen LogP contribution is 1.94. The zero-order valence-corrected chi connectivity index (χ0v) is 13.0. The van der Waals surface area contributed by atoms with Gasteiger partial charge in [-0.25, -0.2) is 0 Å². The first-order valence-corrected chi connectivity index (χ1v) is 6.85. The van der Waals surface area contributed by atoms with Gasteiger partial charge in [-0.2, -0.15) is 0 Å². The molecule has 0 aliphatic carbocycles. The van der Waals surface area contributed by atoms with Gasteiger partial charge in [-0.1, -0.05) is 6.08 Å². The van der Waals surface area contributed by atoms with Crippen LogP contribution in [0.1, 0.15) is 12.8 Å². The molecule has 0 saturated carbocycles. The largest absolute Gasteiger partial charge is 0.383 e. The molecule has 5 nitrogen and oxygen atoms in total. The maximum atomic E-state index is 5.05. The molecule has 0 heterocycles. The van der Waals surface area contributed by atoms with Gasteiger partial charge in [0.1, 0.15) is 0 Å². The smallest absolute Gasteiger partial charge is 0.193 e. The van der Waals surface area contributed by atoms with E-state index in [1.165, 1.54) is 0 Å². The zero-order chi connectivity index (χ0) is 14.5. The Bertz CT molecular complexity index is 256. The van der Waals surface area contributed by atoms with E-state index in [0.29, 0.717) is 0 Å². The van der Waals surface area contributed by atoms with Crippen LogP contribution in [0.4, 0.5) is 0 Å². The zero-order valence-electron chi connectivity index (χ0n) is 13.0. The molecule has 0 spiro atoms. The third-order valence-corrected chi connectivity index (χ3v) is 2.93. The molecule has 19 heavy (non-hydrogen) atoms. The van der Waals surface area contributed by atoms with Crippen molar-refractivity contribution in [3.63, 3.8) is 0 Å². The second-order valence-corrected chi connectivity index (χ2v) is 4.62. The molecule has 0 rings (SSSR count). The molecule has 0 radical (unpaired) electrons. The fraction of sp³-hybridized carbons (Fsp3) is 0.786. The van der Waals surface area contributed by atoms with Gasteiger partial charge in [0.05, 0.1) is 6.61 Å².